The summed E-state index contributed by atoms with van der Waals surface area (Å²) in [4.78, 5) is 25.4. The maximum Gasteiger partial charge on any atom is 0.323 e. The Balaban J connectivity index is 1.12. The first kappa shape index (κ1) is 26.2. The summed E-state index contributed by atoms with van der Waals surface area (Å²) < 4.78 is 0. The lowest BCUT2D eigenvalue weighted by Gasteiger charge is -2.13. The molecule has 0 saturated heterocycles. The van der Waals surface area contributed by atoms with Gasteiger partial charge in [0.1, 0.15) is 11.5 Å². The van der Waals surface area contributed by atoms with Crippen LogP contribution in [0.3, 0.4) is 0 Å². The number of benzene rings is 6. The van der Waals surface area contributed by atoms with E-state index in [0.29, 0.717) is 22.5 Å². The lowest BCUT2D eigenvalue weighted by atomic mass is 10.0. The zero-order valence-electron chi connectivity index (χ0n) is 22.3. The van der Waals surface area contributed by atoms with Gasteiger partial charge < -0.3 is 31.5 Å². The molecule has 206 valence electrons. The molecule has 0 saturated carbocycles. The van der Waals surface area contributed by atoms with Crippen LogP contribution in [0, 0.1) is 0 Å². The smallest absolute Gasteiger partial charge is 0.323 e. The number of carbonyl (C=O) groups is 2. The number of hydrogen-bond acceptors (Lipinski definition) is 4. The van der Waals surface area contributed by atoms with Gasteiger partial charge in [0.25, 0.3) is 0 Å². The maximum atomic E-state index is 12.7. The molecule has 6 aromatic carbocycles. The van der Waals surface area contributed by atoms with Gasteiger partial charge in [-0.1, -0.05) is 84.9 Å². The predicted molar refractivity (Wildman–Crippen MR) is 168 cm³/mol. The summed E-state index contributed by atoms with van der Waals surface area (Å²) >= 11 is 0. The van der Waals surface area contributed by atoms with E-state index in [1.54, 1.807) is 24.3 Å². The van der Waals surface area contributed by atoms with Crippen LogP contribution in [0.25, 0.3) is 32.7 Å². The number of amides is 4. The third kappa shape index (κ3) is 5.50. The second-order valence-corrected chi connectivity index (χ2v) is 9.68. The fourth-order valence-electron chi connectivity index (χ4n) is 4.85. The van der Waals surface area contributed by atoms with Crippen molar-refractivity contribution in [1.29, 1.82) is 0 Å². The number of urea groups is 2. The third-order valence-corrected chi connectivity index (χ3v) is 6.90. The minimum Gasteiger partial charge on any atom is -0.506 e. The first-order valence-corrected chi connectivity index (χ1v) is 13.2. The van der Waals surface area contributed by atoms with Crippen molar-refractivity contribution < 1.29 is 19.8 Å². The van der Waals surface area contributed by atoms with Crippen LogP contribution in [0.2, 0.25) is 0 Å². The van der Waals surface area contributed by atoms with Gasteiger partial charge in [-0.3, -0.25) is 0 Å². The van der Waals surface area contributed by atoms with Crippen molar-refractivity contribution in [3.63, 3.8) is 0 Å². The Bertz CT molecular complexity index is 1820. The highest BCUT2D eigenvalue weighted by Crippen LogP contribution is 2.34. The zero-order chi connectivity index (χ0) is 29.1. The van der Waals surface area contributed by atoms with Gasteiger partial charge in [0.05, 0.1) is 22.7 Å². The zero-order valence-corrected chi connectivity index (χ0v) is 22.3. The highest BCUT2D eigenvalue weighted by atomic mass is 16.3. The van der Waals surface area contributed by atoms with Gasteiger partial charge in [-0.05, 0) is 58.3 Å². The number of phenolic OH excluding ortho intramolecular Hbond substituents is 2. The number of rotatable bonds is 5. The van der Waals surface area contributed by atoms with Crippen LogP contribution in [0.1, 0.15) is 0 Å². The molecule has 0 unspecified atom stereocenters. The number of hydrogen-bond donors (Lipinski definition) is 6. The maximum absolute atomic E-state index is 12.7. The number of nitrogens with one attached hydrogen (secondary N) is 4. The van der Waals surface area contributed by atoms with E-state index < -0.39 is 12.1 Å². The Morgan fingerprint density at radius 1 is 0.429 bits per heavy atom. The molecule has 0 aliphatic carbocycles. The van der Waals surface area contributed by atoms with Crippen LogP contribution in [0.4, 0.5) is 32.3 Å². The van der Waals surface area contributed by atoms with E-state index in [1.165, 1.54) is 12.1 Å². The Morgan fingerprint density at radius 3 is 1.24 bits per heavy atom. The Hall–Kier alpha value is -6.02. The van der Waals surface area contributed by atoms with Gasteiger partial charge in [-0.15, -0.1) is 0 Å². The summed E-state index contributed by atoms with van der Waals surface area (Å²) in [5.74, 6) is -0.284. The number of fused-ring (bicyclic) bond motifs is 2. The van der Waals surface area contributed by atoms with Crippen molar-refractivity contribution in [3.8, 4) is 22.6 Å². The summed E-state index contributed by atoms with van der Waals surface area (Å²) in [7, 11) is 0. The Labute approximate surface area is 241 Å². The van der Waals surface area contributed by atoms with Gasteiger partial charge in [0.2, 0.25) is 0 Å². The second kappa shape index (κ2) is 11.2. The van der Waals surface area contributed by atoms with E-state index in [2.05, 4.69) is 21.3 Å². The number of phenols is 2. The molecule has 0 atom stereocenters. The molecule has 6 rings (SSSR count). The van der Waals surface area contributed by atoms with Crippen LogP contribution >= 0.6 is 0 Å². The number of aromatic hydroxyl groups is 2. The molecule has 0 heterocycles. The van der Waals surface area contributed by atoms with E-state index in [1.807, 2.05) is 84.9 Å². The highest BCUT2D eigenvalue weighted by Gasteiger charge is 2.13. The fraction of sp³-hybridized carbons (Fsp3) is 0. The monoisotopic (exact) mass is 554 g/mol. The van der Waals surface area contributed by atoms with Crippen LogP contribution in [0.5, 0.6) is 11.5 Å². The van der Waals surface area contributed by atoms with E-state index in [-0.39, 0.29) is 22.9 Å². The average molecular weight is 555 g/mol. The Morgan fingerprint density at radius 2 is 0.810 bits per heavy atom. The highest BCUT2D eigenvalue weighted by molar-refractivity contribution is 6.08. The fourth-order valence-corrected chi connectivity index (χ4v) is 4.85. The van der Waals surface area contributed by atoms with E-state index in [0.717, 1.165) is 21.5 Å². The molecule has 8 nitrogen and oxygen atoms in total. The molecule has 6 N–H and O–H groups in total. The second-order valence-electron chi connectivity index (χ2n) is 9.68. The van der Waals surface area contributed by atoms with Crippen molar-refractivity contribution in [1.82, 2.24) is 0 Å². The Kier molecular flexibility index (Phi) is 7.01. The van der Waals surface area contributed by atoms with Crippen LogP contribution in [0.15, 0.2) is 121 Å². The summed E-state index contributed by atoms with van der Waals surface area (Å²) in [6.07, 6.45) is 0. The predicted octanol–water partition coefficient (Wildman–Crippen LogP) is 8.36. The molecule has 0 aliphatic heterocycles. The minimum absolute atomic E-state index is 0.142. The van der Waals surface area contributed by atoms with Gasteiger partial charge >= 0.3 is 12.1 Å². The van der Waals surface area contributed by atoms with Crippen LogP contribution in [-0.4, -0.2) is 22.3 Å². The van der Waals surface area contributed by atoms with Crippen molar-refractivity contribution in [3.05, 3.63) is 121 Å². The molecule has 0 aromatic heterocycles. The van der Waals surface area contributed by atoms with Crippen LogP contribution < -0.4 is 21.3 Å². The normalized spacial score (nSPS) is 10.8. The molecule has 0 bridgehead atoms. The summed E-state index contributed by atoms with van der Waals surface area (Å²) in [5.41, 5.74) is 2.96. The lowest BCUT2D eigenvalue weighted by Crippen LogP contribution is -2.19. The van der Waals surface area contributed by atoms with Crippen molar-refractivity contribution in [2.75, 3.05) is 21.3 Å². The molecule has 4 amide bonds. The van der Waals surface area contributed by atoms with Crippen LogP contribution in [-0.2, 0) is 0 Å². The standard InChI is InChI=1S/C34H26N4O4/c39-31-19-23(15-17-29(31)37-33(41)35-27-13-5-9-21-7-1-3-11-25(21)27)24-16-18-30(32(40)20-24)38-34(42)36-28-14-6-10-22-8-2-4-12-26(22)28/h1-20,39-40H,(H2,35,37,41)(H2,36,38,42). The minimum atomic E-state index is -0.496. The van der Waals surface area contributed by atoms with Gasteiger partial charge in [-0.25, -0.2) is 9.59 Å². The topological polar surface area (TPSA) is 123 Å². The molecule has 42 heavy (non-hydrogen) atoms. The molecule has 0 spiro atoms. The third-order valence-electron chi connectivity index (χ3n) is 6.90. The molecular weight excluding hydrogens is 528 g/mol. The summed E-state index contributed by atoms with van der Waals surface area (Å²) in [6.45, 7) is 0. The van der Waals surface area contributed by atoms with Crippen molar-refractivity contribution >= 4 is 56.4 Å². The van der Waals surface area contributed by atoms with E-state index in [9.17, 15) is 19.8 Å². The van der Waals surface area contributed by atoms with Gasteiger partial charge in [0.15, 0.2) is 0 Å². The molecule has 0 radical (unpaired) electrons. The largest absolute Gasteiger partial charge is 0.506 e. The van der Waals surface area contributed by atoms with E-state index in [4.69, 9.17) is 0 Å². The molecule has 6 aromatic rings. The molecule has 8 heteroatoms. The first-order valence-electron chi connectivity index (χ1n) is 13.2. The first-order chi connectivity index (χ1) is 20.4. The SMILES string of the molecule is O=C(Nc1ccc(-c2ccc(NC(=O)Nc3cccc4ccccc34)c(O)c2)cc1O)Nc1cccc2ccccc12. The number of carbonyl (C=O) groups excluding carboxylic acids is 2. The van der Waals surface area contributed by atoms with Crippen molar-refractivity contribution in [2.24, 2.45) is 0 Å². The van der Waals surface area contributed by atoms with Gasteiger partial charge in [0, 0.05) is 10.8 Å². The number of anilines is 4. The summed E-state index contributed by atoms with van der Waals surface area (Å²) in [5, 5.41) is 36.0. The quantitative estimate of drug-likeness (QED) is 0.120. The van der Waals surface area contributed by atoms with E-state index >= 15 is 0 Å². The lowest BCUT2D eigenvalue weighted by molar-refractivity contribution is 0.261. The summed E-state index contributed by atoms with van der Waals surface area (Å²) in [6, 6.07) is 35.3. The van der Waals surface area contributed by atoms with Crippen molar-refractivity contribution in [2.45, 2.75) is 0 Å². The average Bonchev–Trinajstić information content (AvgIpc) is 2.99. The van der Waals surface area contributed by atoms with Gasteiger partial charge in [-0.2, -0.15) is 0 Å². The molecular formula is C34H26N4O4. The molecule has 0 aliphatic rings. The molecule has 0 fully saturated rings.